The third-order valence-corrected chi connectivity index (χ3v) is 3.55. The minimum atomic E-state index is -0.437. The fraction of sp³-hybridized carbons (Fsp3) is 0.467. The van der Waals surface area contributed by atoms with E-state index in [1.165, 1.54) is 0 Å². The Kier molecular flexibility index (Phi) is 4.98. The van der Waals surface area contributed by atoms with Crippen LogP contribution in [0.4, 0.5) is 0 Å². The van der Waals surface area contributed by atoms with E-state index in [1.54, 1.807) is 18.4 Å². The van der Waals surface area contributed by atoms with Crippen molar-refractivity contribution in [2.24, 2.45) is 0 Å². The van der Waals surface area contributed by atoms with E-state index in [0.29, 0.717) is 13.0 Å². The molecule has 1 heterocycles. The van der Waals surface area contributed by atoms with Crippen molar-refractivity contribution in [2.45, 2.75) is 31.8 Å². The molecule has 1 radical (unpaired) electrons. The van der Waals surface area contributed by atoms with Gasteiger partial charge in [0.15, 0.2) is 0 Å². The maximum atomic E-state index is 12.3. The molecule has 1 aliphatic rings. The molecular formula is C15H19N2O3. The Morgan fingerprint density at radius 2 is 2.10 bits per heavy atom. The number of amides is 2. The minimum absolute atomic E-state index is 0.0262. The maximum Gasteiger partial charge on any atom is 0.309 e. The molecule has 2 rings (SSSR count). The summed E-state index contributed by atoms with van der Waals surface area (Å²) in [5.74, 6) is 0.771. The highest BCUT2D eigenvalue weighted by Gasteiger charge is 2.26. The number of nitrogens with one attached hydrogen (secondary N) is 1. The van der Waals surface area contributed by atoms with Crippen molar-refractivity contribution in [3.63, 3.8) is 0 Å². The lowest BCUT2D eigenvalue weighted by molar-refractivity contribution is -0.133. The molecule has 0 unspecified atom stereocenters. The summed E-state index contributed by atoms with van der Waals surface area (Å²) in [5, 5.41) is 2.49. The molecule has 1 N–H and O–H groups in total. The summed E-state index contributed by atoms with van der Waals surface area (Å²) in [6.07, 6.45) is 4.21. The summed E-state index contributed by atoms with van der Waals surface area (Å²) in [6, 6.07) is 7.23. The lowest BCUT2D eigenvalue weighted by atomic mass is 10.1. The molecule has 0 bridgehead atoms. The van der Waals surface area contributed by atoms with E-state index in [2.05, 4.69) is 5.32 Å². The molecule has 0 aromatic heterocycles. The van der Waals surface area contributed by atoms with Gasteiger partial charge in [-0.25, -0.2) is 0 Å². The zero-order valence-electron chi connectivity index (χ0n) is 11.6. The quantitative estimate of drug-likeness (QED) is 0.822. The zero-order chi connectivity index (χ0) is 14.4. The molecular weight excluding hydrogens is 256 g/mol. The van der Waals surface area contributed by atoms with Crippen LogP contribution in [-0.2, 0) is 16.1 Å². The van der Waals surface area contributed by atoms with E-state index in [1.807, 2.05) is 24.3 Å². The molecule has 1 atom stereocenters. The second-order valence-corrected chi connectivity index (χ2v) is 4.90. The van der Waals surface area contributed by atoms with E-state index < -0.39 is 6.04 Å². The number of ether oxygens (including phenoxy) is 1. The molecule has 1 aliphatic heterocycles. The van der Waals surface area contributed by atoms with E-state index in [9.17, 15) is 9.59 Å². The average Bonchev–Trinajstić information content (AvgIpc) is 2.64. The van der Waals surface area contributed by atoms with Gasteiger partial charge in [0.05, 0.1) is 7.11 Å². The fourth-order valence-corrected chi connectivity index (χ4v) is 2.42. The molecule has 107 valence electrons. The Bertz CT molecular complexity index is 459. The van der Waals surface area contributed by atoms with Crippen molar-refractivity contribution in [3.05, 3.63) is 29.8 Å². The van der Waals surface area contributed by atoms with Gasteiger partial charge in [0.25, 0.3) is 0 Å². The van der Waals surface area contributed by atoms with Gasteiger partial charge in [-0.15, -0.1) is 0 Å². The Hall–Kier alpha value is -2.04. The number of hydrogen-bond donors (Lipinski definition) is 1. The molecule has 5 nitrogen and oxygen atoms in total. The van der Waals surface area contributed by atoms with Crippen LogP contribution in [0.25, 0.3) is 0 Å². The first-order valence-corrected chi connectivity index (χ1v) is 6.79. The maximum absolute atomic E-state index is 12.3. The first-order valence-electron chi connectivity index (χ1n) is 6.79. The summed E-state index contributed by atoms with van der Waals surface area (Å²) >= 11 is 0. The van der Waals surface area contributed by atoms with Crippen LogP contribution < -0.4 is 10.1 Å². The lowest BCUT2D eigenvalue weighted by Crippen LogP contribution is -2.44. The summed E-state index contributed by atoms with van der Waals surface area (Å²) in [6.45, 7) is 1.28. The highest BCUT2D eigenvalue weighted by molar-refractivity contribution is 5.84. The molecule has 0 aliphatic carbocycles. The minimum Gasteiger partial charge on any atom is -0.497 e. The first kappa shape index (κ1) is 14.4. The van der Waals surface area contributed by atoms with Crippen LogP contribution in [0.15, 0.2) is 24.3 Å². The Morgan fingerprint density at radius 1 is 1.35 bits per heavy atom. The molecule has 5 heteroatoms. The highest BCUT2D eigenvalue weighted by atomic mass is 16.5. The van der Waals surface area contributed by atoms with Gasteiger partial charge in [0.1, 0.15) is 11.8 Å². The normalized spacial score (nSPS) is 19.4. The van der Waals surface area contributed by atoms with Gasteiger partial charge < -0.3 is 15.0 Å². The molecule has 1 fully saturated rings. The summed E-state index contributed by atoms with van der Waals surface area (Å²) in [7, 11) is 1.62. The van der Waals surface area contributed by atoms with Crippen LogP contribution in [0.3, 0.4) is 0 Å². The Morgan fingerprint density at radius 3 is 2.75 bits per heavy atom. The predicted octanol–water partition coefficient (Wildman–Crippen LogP) is 1.23. The van der Waals surface area contributed by atoms with Gasteiger partial charge in [0.2, 0.25) is 5.91 Å². The Labute approximate surface area is 118 Å². The van der Waals surface area contributed by atoms with Crippen molar-refractivity contribution in [1.82, 2.24) is 10.2 Å². The summed E-state index contributed by atoms with van der Waals surface area (Å²) in [5.41, 5.74) is 1.05. The van der Waals surface area contributed by atoms with Crippen molar-refractivity contribution >= 4 is 12.3 Å². The van der Waals surface area contributed by atoms with Gasteiger partial charge in [-0.3, -0.25) is 9.59 Å². The van der Waals surface area contributed by atoms with Crippen LogP contribution in [-0.4, -0.2) is 36.9 Å². The van der Waals surface area contributed by atoms with Crippen LogP contribution >= 0.6 is 0 Å². The lowest BCUT2D eigenvalue weighted by Gasteiger charge is -2.24. The molecule has 2 amide bonds. The van der Waals surface area contributed by atoms with Crippen LogP contribution in [0, 0.1) is 0 Å². The number of rotatable bonds is 5. The second-order valence-electron chi connectivity index (χ2n) is 4.90. The smallest absolute Gasteiger partial charge is 0.309 e. The van der Waals surface area contributed by atoms with Crippen LogP contribution in [0.1, 0.15) is 24.8 Å². The van der Waals surface area contributed by atoms with E-state index >= 15 is 0 Å². The number of benzene rings is 1. The molecule has 1 saturated heterocycles. The van der Waals surface area contributed by atoms with Crippen LogP contribution in [0.5, 0.6) is 5.75 Å². The number of methoxy groups -OCH3 is 1. The van der Waals surface area contributed by atoms with Crippen molar-refractivity contribution in [3.8, 4) is 5.75 Å². The van der Waals surface area contributed by atoms with E-state index in [-0.39, 0.29) is 5.91 Å². The number of likely N-dealkylation sites (tertiary alicyclic amines) is 1. The molecule has 1 aromatic carbocycles. The molecule has 20 heavy (non-hydrogen) atoms. The summed E-state index contributed by atoms with van der Waals surface area (Å²) < 4.78 is 5.12. The third kappa shape index (κ3) is 3.50. The predicted molar refractivity (Wildman–Crippen MR) is 74.9 cm³/mol. The number of carbonyl (C=O) groups excluding carboxylic acids is 2. The van der Waals surface area contributed by atoms with E-state index in [0.717, 1.165) is 30.7 Å². The molecule has 0 spiro atoms. The SMILES string of the molecule is COc1ccc(CN2CCCC[C@H](N[C]=O)C2=O)cc1. The third-order valence-electron chi connectivity index (χ3n) is 3.55. The van der Waals surface area contributed by atoms with E-state index in [4.69, 9.17) is 4.74 Å². The van der Waals surface area contributed by atoms with Crippen LogP contribution in [0.2, 0.25) is 0 Å². The monoisotopic (exact) mass is 275 g/mol. The summed E-state index contributed by atoms with van der Waals surface area (Å²) in [4.78, 5) is 24.6. The second kappa shape index (κ2) is 6.93. The highest BCUT2D eigenvalue weighted by Crippen LogP contribution is 2.17. The van der Waals surface area contributed by atoms with Gasteiger partial charge in [-0.1, -0.05) is 12.1 Å². The number of hydrogen-bond acceptors (Lipinski definition) is 3. The van der Waals surface area contributed by atoms with Gasteiger partial charge >= 0.3 is 6.41 Å². The van der Waals surface area contributed by atoms with Gasteiger partial charge in [-0.05, 0) is 37.0 Å². The van der Waals surface area contributed by atoms with Crippen molar-refractivity contribution in [1.29, 1.82) is 0 Å². The average molecular weight is 275 g/mol. The number of carbonyl (C=O) groups is 1. The van der Waals surface area contributed by atoms with Gasteiger partial charge in [-0.2, -0.15) is 0 Å². The number of nitrogens with zero attached hydrogens (tertiary/aromatic N) is 1. The topological polar surface area (TPSA) is 58.6 Å². The molecule has 0 saturated carbocycles. The van der Waals surface area contributed by atoms with Crippen molar-refractivity contribution in [2.75, 3.05) is 13.7 Å². The van der Waals surface area contributed by atoms with Gasteiger partial charge in [0, 0.05) is 13.1 Å². The van der Waals surface area contributed by atoms with Crippen molar-refractivity contribution < 1.29 is 14.3 Å². The molecule has 1 aromatic rings. The standard InChI is InChI=1S/C15H19N2O3/c1-20-13-7-5-12(6-8-13)10-17-9-3-2-4-14(15(17)19)16-11-18/h5-8,14H,2-4,9-10H2,1H3,(H,16,18)/t14-/m0/s1. The Balaban J connectivity index is 2.05. The largest absolute Gasteiger partial charge is 0.497 e. The fourth-order valence-electron chi connectivity index (χ4n) is 2.42. The first-order chi connectivity index (χ1) is 9.74. The zero-order valence-corrected chi connectivity index (χ0v) is 11.6.